The molecule has 2 aromatic carbocycles. The summed E-state index contributed by atoms with van der Waals surface area (Å²) in [5.41, 5.74) is 2.00. The lowest BCUT2D eigenvalue weighted by atomic mass is 9.98. The first-order valence-electron chi connectivity index (χ1n) is 11.0. The molecule has 11 heteroatoms. The standard InChI is InChI=1S/C22H22N8S3/c1-3-7-15(8-4-1)29-21(23-25-27-29)32-19-13-11-18-20(14-12-17(19)31-18)33-22-24-26-28-30(22)16-9-5-2-6-10-16/h1-10,17-20H,11-14H2/t17-,18+,19-,20+. The van der Waals surface area contributed by atoms with Crippen LogP contribution in [0.4, 0.5) is 0 Å². The van der Waals surface area contributed by atoms with Gasteiger partial charge in [-0.25, -0.2) is 0 Å². The molecule has 2 saturated heterocycles. The summed E-state index contributed by atoms with van der Waals surface area (Å²) in [5, 5.41) is 29.0. The number of thioether (sulfide) groups is 3. The summed E-state index contributed by atoms with van der Waals surface area (Å²) >= 11 is 5.80. The molecule has 8 nitrogen and oxygen atoms in total. The molecule has 4 heterocycles. The van der Waals surface area contributed by atoms with E-state index in [1.165, 1.54) is 25.7 Å². The fourth-order valence-electron chi connectivity index (χ4n) is 4.44. The molecule has 0 radical (unpaired) electrons. The van der Waals surface area contributed by atoms with E-state index in [-0.39, 0.29) is 0 Å². The molecule has 33 heavy (non-hydrogen) atoms. The van der Waals surface area contributed by atoms with E-state index < -0.39 is 0 Å². The minimum absolute atomic E-state index is 0.528. The van der Waals surface area contributed by atoms with Crippen LogP contribution in [0.3, 0.4) is 0 Å². The van der Waals surface area contributed by atoms with Crippen LogP contribution in [0, 0.1) is 0 Å². The summed E-state index contributed by atoms with van der Waals surface area (Å²) in [6.45, 7) is 0. The van der Waals surface area contributed by atoms with Gasteiger partial charge < -0.3 is 0 Å². The third kappa shape index (κ3) is 4.41. The zero-order valence-electron chi connectivity index (χ0n) is 17.7. The van der Waals surface area contributed by atoms with Crippen molar-refractivity contribution in [3.63, 3.8) is 0 Å². The molecule has 6 rings (SSSR count). The van der Waals surface area contributed by atoms with Crippen LogP contribution < -0.4 is 0 Å². The van der Waals surface area contributed by atoms with Crippen LogP contribution in [-0.2, 0) is 0 Å². The summed E-state index contributed by atoms with van der Waals surface area (Å²) in [6.07, 6.45) is 4.73. The lowest BCUT2D eigenvalue weighted by molar-refractivity contribution is 0.506. The van der Waals surface area contributed by atoms with Crippen molar-refractivity contribution >= 4 is 35.3 Å². The fraction of sp³-hybridized carbons (Fsp3) is 0.364. The quantitative estimate of drug-likeness (QED) is 0.389. The van der Waals surface area contributed by atoms with E-state index in [1.807, 2.05) is 93.6 Å². The van der Waals surface area contributed by atoms with Crippen molar-refractivity contribution in [3.05, 3.63) is 60.7 Å². The van der Waals surface area contributed by atoms with Crippen molar-refractivity contribution in [1.29, 1.82) is 0 Å². The molecule has 2 fully saturated rings. The van der Waals surface area contributed by atoms with E-state index in [0.29, 0.717) is 21.0 Å². The number of aromatic nitrogens is 8. The maximum absolute atomic E-state index is 4.32. The number of benzene rings is 2. The molecule has 168 valence electrons. The van der Waals surface area contributed by atoms with Gasteiger partial charge in [0.1, 0.15) is 0 Å². The Morgan fingerprint density at radius 3 is 1.55 bits per heavy atom. The molecule has 0 N–H and O–H groups in total. The van der Waals surface area contributed by atoms with E-state index in [1.54, 1.807) is 0 Å². The molecule has 0 saturated carbocycles. The molecule has 2 aliphatic rings. The second-order valence-corrected chi connectivity index (χ2v) is 12.0. The Hall–Kier alpha value is -2.37. The smallest absolute Gasteiger partial charge is 0.188 e. The van der Waals surface area contributed by atoms with Crippen LogP contribution in [-0.4, -0.2) is 61.4 Å². The van der Waals surface area contributed by atoms with E-state index in [4.69, 9.17) is 0 Å². The Kier molecular flexibility index (Phi) is 6.08. The maximum Gasteiger partial charge on any atom is 0.214 e. The molecule has 0 unspecified atom stereocenters. The molecule has 0 aliphatic carbocycles. The molecule has 0 amide bonds. The summed E-state index contributed by atoms with van der Waals surface area (Å²) in [7, 11) is 0. The van der Waals surface area contributed by atoms with E-state index in [9.17, 15) is 0 Å². The van der Waals surface area contributed by atoms with Crippen molar-refractivity contribution < 1.29 is 0 Å². The Balaban J connectivity index is 1.12. The normalized spacial score (nSPS) is 24.6. The number of tetrazole rings is 2. The SMILES string of the molecule is c1ccc(-n2nnnc2S[C@H]2CC[C@H]3S[C@H]2CC[C@H]3Sc2nnnn2-c2ccccc2)cc1. The van der Waals surface area contributed by atoms with Gasteiger partial charge in [0.05, 0.1) is 11.4 Å². The molecular weight excluding hydrogens is 472 g/mol. The van der Waals surface area contributed by atoms with Gasteiger partial charge >= 0.3 is 0 Å². The molecule has 0 spiro atoms. The van der Waals surface area contributed by atoms with Gasteiger partial charge in [-0.2, -0.15) is 21.1 Å². The highest BCUT2D eigenvalue weighted by molar-refractivity contribution is 8.06. The first-order valence-corrected chi connectivity index (χ1v) is 13.7. The maximum atomic E-state index is 4.32. The molecular formula is C22H22N8S3. The number of rotatable bonds is 6. The Labute approximate surface area is 204 Å². The largest absolute Gasteiger partial charge is 0.214 e. The third-order valence-electron chi connectivity index (χ3n) is 6.05. The van der Waals surface area contributed by atoms with Gasteiger partial charge in [0.25, 0.3) is 0 Å². The van der Waals surface area contributed by atoms with Crippen LogP contribution in [0.5, 0.6) is 0 Å². The van der Waals surface area contributed by atoms with Gasteiger partial charge in [-0.3, -0.25) is 0 Å². The highest BCUT2D eigenvalue weighted by Crippen LogP contribution is 2.50. The number of fused-ring (bicyclic) bond motifs is 2. The average molecular weight is 495 g/mol. The Morgan fingerprint density at radius 1 is 0.636 bits per heavy atom. The lowest BCUT2D eigenvalue weighted by Gasteiger charge is -2.43. The lowest BCUT2D eigenvalue weighted by Crippen LogP contribution is -2.39. The zero-order chi connectivity index (χ0) is 22.0. The van der Waals surface area contributed by atoms with Gasteiger partial charge in [0.2, 0.25) is 10.3 Å². The molecule has 4 atom stereocenters. The fourth-order valence-corrected chi connectivity index (χ4v) is 9.05. The summed E-state index contributed by atoms with van der Waals surface area (Å²) in [5.74, 6) is 0. The highest BCUT2D eigenvalue weighted by Gasteiger charge is 2.41. The predicted molar refractivity (Wildman–Crippen MR) is 131 cm³/mol. The van der Waals surface area contributed by atoms with Crippen molar-refractivity contribution in [2.24, 2.45) is 0 Å². The number of hydrogen-bond acceptors (Lipinski definition) is 9. The summed E-state index contributed by atoms with van der Waals surface area (Å²) in [6, 6.07) is 20.2. The van der Waals surface area contributed by atoms with Gasteiger partial charge in [0, 0.05) is 21.0 Å². The first-order chi connectivity index (χ1) is 16.3. The minimum Gasteiger partial charge on any atom is -0.188 e. The van der Waals surface area contributed by atoms with Crippen molar-refractivity contribution in [2.75, 3.05) is 0 Å². The molecule has 2 aliphatic heterocycles. The van der Waals surface area contributed by atoms with Gasteiger partial charge in [0.15, 0.2) is 0 Å². The molecule has 2 bridgehead atoms. The Morgan fingerprint density at radius 2 is 1.09 bits per heavy atom. The summed E-state index contributed by atoms with van der Waals surface area (Å²) in [4.78, 5) is 0. The van der Waals surface area contributed by atoms with Crippen LogP contribution in [0.15, 0.2) is 71.0 Å². The number of hydrogen-bond donors (Lipinski definition) is 0. The van der Waals surface area contributed by atoms with Gasteiger partial charge in [-0.1, -0.05) is 59.9 Å². The summed E-state index contributed by atoms with van der Waals surface area (Å²) < 4.78 is 3.71. The van der Waals surface area contributed by atoms with Crippen LogP contribution in [0.2, 0.25) is 0 Å². The number of nitrogens with zero attached hydrogens (tertiary/aromatic N) is 8. The van der Waals surface area contributed by atoms with Crippen molar-refractivity contribution in [3.8, 4) is 11.4 Å². The zero-order valence-corrected chi connectivity index (χ0v) is 20.2. The van der Waals surface area contributed by atoms with Crippen LogP contribution in [0.1, 0.15) is 25.7 Å². The molecule has 4 aromatic rings. The van der Waals surface area contributed by atoms with Gasteiger partial charge in [-0.15, -0.1) is 10.2 Å². The second-order valence-electron chi connectivity index (χ2n) is 8.10. The van der Waals surface area contributed by atoms with Crippen molar-refractivity contribution in [1.82, 2.24) is 40.4 Å². The highest BCUT2D eigenvalue weighted by atomic mass is 32.2. The third-order valence-corrected chi connectivity index (χ3v) is 10.9. The van der Waals surface area contributed by atoms with Gasteiger partial charge in [-0.05, 0) is 70.8 Å². The first kappa shape index (κ1) is 21.2. The molecule has 2 aromatic heterocycles. The van der Waals surface area contributed by atoms with E-state index in [2.05, 4.69) is 42.8 Å². The van der Waals surface area contributed by atoms with Crippen LogP contribution >= 0.6 is 35.3 Å². The monoisotopic (exact) mass is 494 g/mol. The predicted octanol–water partition coefficient (Wildman–Crippen LogP) is 4.32. The Bertz CT molecular complexity index is 1100. The second kappa shape index (κ2) is 9.47. The number of para-hydroxylation sites is 2. The van der Waals surface area contributed by atoms with Crippen LogP contribution in [0.25, 0.3) is 11.4 Å². The van der Waals surface area contributed by atoms with E-state index >= 15 is 0 Å². The van der Waals surface area contributed by atoms with Crippen molar-refractivity contribution in [2.45, 2.75) is 57.0 Å². The average Bonchev–Trinajstić information content (AvgIpc) is 3.53. The van der Waals surface area contributed by atoms with E-state index in [0.717, 1.165) is 21.7 Å². The minimum atomic E-state index is 0.528. The topological polar surface area (TPSA) is 87.2 Å².